The van der Waals surface area contributed by atoms with Crippen LogP contribution in [-0.4, -0.2) is 52.5 Å². The lowest BCUT2D eigenvalue weighted by Gasteiger charge is -2.33. The van der Waals surface area contributed by atoms with E-state index in [0.717, 1.165) is 5.69 Å². The first-order valence-corrected chi connectivity index (χ1v) is 9.32. The van der Waals surface area contributed by atoms with Crippen molar-refractivity contribution in [2.24, 2.45) is 7.05 Å². The third-order valence-electron chi connectivity index (χ3n) is 4.55. The zero-order valence-electron chi connectivity index (χ0n) is 14.4. The second-order valence-electron chi connectivity index (χ2n) is 6.12. The predicted octanol–water partition coefficient (Wildman–Crippen LogP) is 1.02. The van der Waals surface area contributed by atoms with E-state index in [-0.39, 0.29) is 6.04 Å². The fourth-order valence-electron chi connectivity index (χ4n) is 3.26. The molecular weight excluding hydrogens is 330 g/mol. The van der Waals surface area contributed by atoms with Crippen LogP contribution < -0.4 is 0 Å². The molecular formula is C15H23N5O3S. The summed E-state index contributed by atoms with van der Waals surface area (Å²) in [5.74, 6) is 0. The van der Waals surface area contributed by atoms with Gasteiger partial charge < -0.3 is 4.74 Å². The number of rotatable bonds is 5. The van der Waals surface area contributed by atoms with E-state index < -0.39 is 10.0 Å². The average molecular weight is 353 g/mol. The lowest BCUT2D eigenvalue weighted by Crippen LogP contribution is -2.41. The molecule has 8 nitrogen and oxygen atoms in total. The molecule has 2 aromatic heterocycles. The Labute approximate surface area is 142 Å². The van der Waals surface area contributed by atoms with Crippen molar-refractivity contribution in [3.63, 3.8) is 0 Å². The van der Waals surface area contributed by atoms with Crippen molar-refractivity contribution in [3.8, 4) is 0 Å². The normalized spacial score (nSPS) is 18.8. The minimum atomic E-state index is -3.61. The number of ether oxygens (including phenoxy) is 1. The third-order valence-corrected chi connectivity index (χ3v) is 6.61. The fraction of sp³-hybridized carbons (Fsp3) is 0.600. The van der Waals surface area contributed by atoms with Crippen molar-refractivity contribution >= 4 is 10.0 Å². The van der Waals surface area contributed by atoms with Crippen LogP contribution in [-0.2, 0) is 28.4 Å². The number of nitrogens with zero attached hydrogens (tertiary/aromatic N) is 5. The molecule has 0 spiro atoms. The topological polar surface area (TPSA) is 82.2 Å². The highest BCUT2D eigenvalue weighted by molar-refractivity contribution is 7.89. The maximum atomic E-state index is 13.2. The van der Waals surface area contributed by atoms with E-state index in [2.05, 4.69) is 10.2 Å². The highest BCUT2D eigenvalue weighted by Crippen LogP contribution is 2.30. The molecule has 0 aliphatic carbocycles. The molecule has 9 heteroatoms. The molecule has 0 unspecified atom stereocenters. The molecule has 0 amide bonds. The number of methoxy groups -OCH3 is 1. The summed E-state index contributed by atoms with van der Waals surface area (Å²) in [5, 5.41) is 8.59. The molecule has 0 aromatic carbocycles. The largest absolute Gasteiger partial charge is 0.385 e. The average Bonchev–Trinajstić information content (AvgIpc) is 3.09. The van der Waals surface area contributed by atoms with Gasteiger partial charge >= 0.3 is 0 Å². The Morgan fingerprint density at radius 3 is 2.75 bits per heavy atom. The lowest BCUT2D eigenvalue weighted by atomic mass is 10.1. The van der Waals surface area contributed by atoms with Gasteiger partial charge in [-0.25, -0.2) is 8.42 Å². The molecule has 2 aromatic rings. The van der Waals surface area contributed by atoms with Crippen molar-refractivity contribution in [1.29, 1.82) is 0 Å². The summed E-state index contributed by atoms with van der Waals surface area (Å²) in [4.78, 5) is 0.309. The van der Waals surface area contributed by atoms with Crippen LogP contribution >= 0.6 is 0 Å². The van der Waals surface area contributed by atoms with Crippen molar-refractivity contribution in [3.05, 3.63) is 29.3 Å². The van der Waals surface area contributed by atoms with Crippen LogP contribution in [0.2, 0.25) is 0 Å². The van der Waals surface area contributed by atoms with Crippen LogP contribution in [0.1, 0.15) is 29.5 Å². The maximum absolute atomic E-state index is 13.2. The van der Waals surface area contributed by atoms with Crippen LogP contribution in [0, 0.1) is 13.8 Å². The fourth-order valence-corrected chi connectivity index (χ4v) is 5.11. The van der Waals surface area contributed by atoms with E-state index in [0.29, 0.717) is 42.4 Å². The van der Waals surface area contributed by atoms with Gasteiger partial charge in [-0.05, 0) is 26.3 Å². The monoisotopic (exact) mass is 353 g/mol. The number of hydrogen-bond acceptors (Lipinski definition) is 5. The van der Waals surface area contributed by atoms with Crippen LogP contribution in [0.15, 0.2) is 17.2 Å². The lowest BCUT2D eigenvalue weighted by molar-refractivity contribution is 0.157. The first kappa shape index (κ1) is 17.1. The Kier molecular flexibility index (Phi) is 4.50. The van der Waals surface area contributed by atoms with E-state index in [1.807, 2.05) is 10.7 Å². The number of sulfonamides is 1. The second-order valence-corrected chi connectivity index (χ2v) is 8.00. The van der Waals surface area contributed by atoms with Gasteiger partial charge in [0.1, 0.15) is 4.90 Å². The summed E-state index contributed by atoms with van der Waals surface area (Å²) >= 11 is 0. The Balaban J connectivity index is 1.97. The molecule has 1 atom stereocenters. The van der Waals surface area contributed by atoms with E-state index in [4.69, 9.17) is 4.74 Å². The smallest absolute Gasteiger partial charge is 0.247 e. The SMILES string of the molecule is COCC[C@@H]1CN(S(=O)(=O)c2c(C)nn(C)c2C)Cc2ccnn21. The molecule has 1 aliphatic heterocycles. The van der Waals surface area contributed by atoms with Gasteiger partial charge in [-0.3, -0.25) is 9.36 Å². The molecule has 0 radical (unpaired) electrons. The summed E-state index contributed by atoms with van der Waals surface area (Å²) < 4.78 is 36.6. The van der Waals surface area contributed by atoms with Gasteiger partial charge in [-0.15, -0.1) is 0 Å². The first-order chi connectivity index (χ1) is 11.4. The molecule has 0 saturated heterocycles. The zero-order valence-corrected chi connectivity index (χ0v) is 15.2. The van der Waals surface area contributed by atoms with Crippen molar-refractivity contribution < 1.29 is 13.2 Å². The number of aromatic nitrogens is 4. The minimum Gasteiger partial charge on any atom is -0.385 e. The van der Waals surface area contributed by atoms with E-state index >= 15 is 0 Å². The molecule has 0 saturated carbocycles. The predicted molar refractivity (Wildman–Crippen MR) is 88.0 cm³/mol. The molecule has 132 valence electrons. The van der Waals surface area contributed by atoms with Gasteiger partial charge in [-0.2, -0.15) is 14.5 Å². The van der Waals surface area contributed by atoms with Crippen LogP contribution in [0.5, 0.6) is 0 Å². The molecule has 0 bridgehead atoms. The van der Waals surface area contributed by atoms with Crippen LogP contribution in [0.3, 0.4) is 0 Å². The number of aryl methyl sites for hydroxylation is 2. The highest BCUT2D eigenvalue weighted by atomic mass is 32.2. The van der Waals surface area contributed by atoms with Crippen molar-refractivity contribution in [2.45, 2.75) is 37.8 Å². The molecule has 0 N–H and O–H groups in total. The Bertz CT molecular complexity index is 839. The highest BCUT2D eigenvalue weighted by Gasteiger charge is 2.36. The van der Waals surface area contributed by atoms with Gasteiger partial charge in [0.2, 0.25) is 10.0 Å². The quantitative estimate of drug-likeness (QED) is 0.801. The Morgan fingerprint density at radius 2 is 2.12 bits per heavy atom. The van der Waals surface area contributed by atoms with Gasteiger partial charge in [0, 0.05) is 33.5 Å². The number of hydrogen-bond donors (Lipinski definition) is 0. The Morgan fingerprint density at radius 1 is 1.38 bits per heavy atom. The van der Waals surface area contributed by atoms with E-state index in [9.17, 15) is 8.42 Å². The summed E-state index contributed by atoms with van der Waals surface area (Å²) in [7, 11) is -0.213. The summed E-state index contributed by atoms with van der Waals surface area (Å²) in [5.41, 5.74) is 2.08. The van der Waals surface area contributed by atoms with E-state index in [1.165, 1.54) is 4.31 Å². The van der Waals surface area contributed by atoms with Gasteiger partial charge in [0.15, 0.2) is 0 Å². The summed E-state index contributed by atoms with van der Waals surface area (Å²) in [6, 6.07) is 1.83. The molecule has 1 aliphatic rings. The number of fused-ring (bicyclic) bond motifs is 1. The van der Waals surface area contributed by atoms with Crippen molar-refractivity contribution in [2.75, 3.05) is 20.3 Å². The van der Waals surface area contributed by atoms with Gasteiger partial charge in [0.25, 0.3) is 0 Å². The third kappa shape index (κ3) is 2.76. The molecule has 3 rings (SSSR count). The maximum Gasteiger partial charge on any atom is 0.247 e. The zero-order chi connectivity index (χ0) is 17.5. The first-order valence-electron chi connectivity index (χ1n) is 7.88. The van der Waals surface area contributed by atoms with Crippen LogP contribution in [0.25, 0.3) is 0 Å². The van der Waals surface area contributed by atoms with Crippen LogP contribution in [0.4, 0.5) is 0 Å². The molecule has 0 fully saturated rings. The standard InChI is InChI=1S/C15H23N5O3S/c1-11-15(12(2)18(3)17-11)24(21,22)19-9-13-5-7-16-20(13)14(10-19)6-8-23-4/h5,7,14H,6,8-10H2,1-4H3/t14-/m1/s1. The summed E-state index contributed by atoms with van der Waals surface area (Å²) in [6.45, 7) is 4.77. The van der Waals surface area contributed by atoms with E-state index in [1.54, 1.807) is 38.9 Å². The molecule has 3 heterocycles. The second kappa shape index (κ2) is 6.30. The van der Waals surface area contributed by atoms with Crippen molar-refractivity contribution in [1.82, 2.24) is 23.9 Å². The summed E-state index contributed by atoms with van der Waals surface area (Å²) in [6.07, 6.45) is 2.42. The molecule has 24 heavy (non-hydrogen) atoms. The minimum absolute atomic E-state index is 0.0317. The van der Waals surface area contributed by atoms with Gasteiger partial charge in [0.05, 0.1) is 29.7 Å². The Hall–Kier alpha value is -1.71. The van der Waals surface area contributed by atoms with Gasteiger partial charge in [-0.1, -0.05) is 0 Å².